The predicted octanol–water partition coefficient (Wildman–Crippen LogP) is 3.92. The van der Waals surface area contributed by atoms with Crippen molar-refractivity contribution in [1.82, 2.24) is 0 Å². The summed E-state index contributed by atoms with van der Waals surface area (Å²) in [5.74, 6) is 0. The molecule has 0 N–H and O–H groups in total. The first-order chi connectivity index (χ1) is 14.3. The summed E-state index contributed by atoms with van der Waals surface area (Å²) < 4.78 is 31.2. The molecule has 156 valence electrons. The fourth-order valence-corrected chi connectivity index (χ4v) is 4.23. The van der Waals surface area contributed by atoms with Crippen LogP contribution in [0.25, 0.3) is 0 Å². The Morgan fingerprint density at radius 1 is 0.828 bits per heavy atom. The lowest BCUT2D eigenvalue weighted by Crippen LogP contribution is -2.63. The molecule has 2 fully saturated rings. The molecule has 0 saturated carbocycles. The van der Waals surface area contributed by atoms with Gasteiger partial charge in [0, 0.05) is 25.2 Å². The van der Waals surface area contributed by atoms with Crippen LogP contribution in [0.2, 0.25) is 0 Å². The van der Waals surface area contributed by atoms with Crippen molar-refractivity contribution in [2.75, 3.05) is 19.8 Å². The van der Waals surface area contributed by atoms with E-state index >= 15 is 0 Å². The Bertz CT molecular complexity index is 735. The van der Waals surface area contributed by atoms with Gasteiger partial charge in [-0.3, -0.25) is 0 Å². The molecule has 4 rings (SSSR count). The van der Waals surface area contributed by atoms with Crippen LogP contribution in [0.5, 0.6) is 0 Å². The third kappa shape index (κ3) is 4.71. The second kappa shape index (κ2) is 9.83. The lowest BCUT2D eigenvalue weighted by Gasteiger charge is -2.49. The van der Waals surface area contributed by atoms with Gasteiger partial charge in [0.15, 0.2) is 6.29 Å². The summed E-state index contributed by atoms with van der Waals surface area (Å²) in [5.41, 5.74) is 2.22. The van der Waals surface area contributed by atoms with Gasteiger partial charge in [-0.1, -0.05) is 60.7 Å². The van der Waals surface area contributed by atoms with Crippen LogP contribution < -0.4 is 0 Å². The average molecular weight is 398 g/mol. The molecule has 5 heteroatoms. The molecule has 0 bridgehead atoms. The molecule has 3 unspecified atom stereocenters. The van der Waals surface area contributed by atoms with E-state index in [0.29, 0.717) is 19.8 Å². The summed E-state index contributed by atoms with van der Waals surface area (Å²) in [6, 6.07) is 20.4. The van der Waals surface area contributed by atoms with E-state index in [0.717, 1.165) is 12.0 Å². The van der Waals surface area contributed by atoms with E-state index in [4.69, 9.17) is 23.7 Å². The first kappa shape index (κ1) is 20.5. The maximum Gasteiger partial charge on any atom is 0.184 e. The first-order valence-electron chi connectivity index (χ1n) is 10.5. The zero-order valence-electron chi connectivity index (χ0n) is 17.1. The van der Waals surface area contributed by atoms with Gasteiger partial charge in [0.05, 0.1) is 12.7 Å². The Kier molecular flexibility index (Phi) is 6.95. The lowest BCUT2D eigenvalue weighted by atomic mass is 9.90. The summed E-state index contributed by atoms with van der Waals surface area (Å²) in [5, 5.41) is 0. The maximum absolute atomic E-state index is 6.47. The predicted molar refractivity (Wildman–Crippen MR) is 110 cm³/mol. The molecule has 2 saturated heterocycles. The number of rotatable bonds is 7. The zero-order valence-corrected chi connectivity index (χ0v) is 17.1. The van der Waals surface area contributed by atoms with Gasteiger partial charge in [-0.25, -0.2) is 0 Å². The van der Waals surface area contributed by atoms with Gasteiger partial charge in [0.2, 0.25) is 0 Å². The SMILES string of the molecule is CCOC1[C@@H]2O[C@H](c3ccccc3)OCC2OC(Cc2ccccc2)[C@@H]1OCC. The molecule has 2 heterocycles. The number of hydrogen-bond donors (Lipinski definition) is 0. The van der Waals surface area contributed by atoms with Crippen molar-refractivity contribution in [2.45, 2.75) is 57.1 Å². The number of fused-ring (bicyclic) bond motifs is 1. The van der Waals surface area contributed by atoms with Gasteiger partial charge in [-0.05, 0) is 19.4 Å². The molecule has 0 spiro atoms. The molecule has 2 aliphatic heterocycles. The molecule has 0 aliphatic carbocycles. The molecule has 29 heavy (non-hydrogen) atoms. The van der Waals surface area contributed by atoms with E-state index in [1.807, 2.05) is 62.4 Å². The summed E-state index contributed by atoms with van der Waals surface area (Å²) in [6.45, 7) is 5.67. The molecule has 0 amide bonds. The monoisotopic (exact) mass is 398 g/mol. The standard InChI is InChI=1S/C24H30O5/c1-3-25-21-19(15-17-11-7-5-8-12-17)28-20-16-27-24(18-13-9-6-10-14-18)29-22(20)23(21)26-4-2/h5-14,19-24H,3-4,15-16H2,1-2H3/t19?,20?,21-,22+,23?,24+/m0/s1. The minimum absolute atomic E-state index is 0.115. The third-order valence-electron chi connectivity index (χ3n) is 5.49. The fraction of sp³-hybridized carbons (Fsp3) is 0.500. The number of ether oxygens (including phenoxy) is 5. The Morgan fingerprint density at radius 3 is 2.17 bits per heavy atom. The van der Waals surface area contributed by atoms with Crippen LogP contribution in [-0.2, 0) is 30.1 Å². The van der Waals surface area contributed by atoms with Gasteiger partial charge < -0.3 is 23.7 Å². The van der Waals surface area contributed by atoms with Crippen molar-refractivity contribution >= 4 is 0 Å². The highest BCUT2D eigenvalue weighted by atomic mass is 16.7. The molecule has 6 atom stereocenters. The smallest absolute Gasteiger partial charge is 0.184 e. The van der Waals surface area contributed by atoms with Crippen molar-refractivity contribution in [3.8, 4) is 0 Å². The minimum atomic E-state index is -0.419. The molecule has 2 aliphatic rings. The van der Waals surface area contributed by atoms with Crippen LogP contribution in [0, 0.1) is 0 Å². The highest BCUT2D eigenvalue weighted by molar-refractivity contribution is 5.18. The van der Waals surface area contributed by atoms with E-state index in [1.165, 1.54) is 5.56 Å². The molecule has 5 nitrogen and oxygen atoms in total. The Labute approximate surface area is 172 Å². The molecular formula is C24H30O5. The van der Waals surface area contributed by atoms with E-state index < -0.39 is 6.29 Å². The first-order valence-corrected chi connectivity index (χ1v) is 10.5. The van der Waals surface area contributed by atoms with Crippen LogP contribution in [0.1, 0.15) is 31.3 Å². The van der Waals surface area contributed by atoms with Crippen LogP contribution >= 0.6 is 0 Å². The Morgan fingerprint density at radius 2 is 1.48 bits per heavy atom. The third-order valence-corrected chi connectivity index (χ3v) is 5.49. The van der Waals surface area contributed by atoms with E-state index in [9.17, 15) is 0 Å². The van der Waals surface area contributed by atoms with Gasteiger partial charge >= 0.3 is 0 Å². The average Bonchev–Trinajstić information content (AvgIpc) is 2.77. The second-order valence-corrected chi connectivity index (χ2v) is 7.42. The van der Waals surface area contributed by atoms with Crippen LogP contribution in [0.15, 0.2) is 60.7 Å². The highest BCUT2D eigenvalue weighted by Gasteiger charge is 2.50. The van der Waals surface area contributed by atoms with Gasteiger partial charge in [-0.2, -0.15) is 0 Å². The number of benzene rings is 2. The fourth-order valence-electron chi connectivity index (χ4n) is 4.23. The van der Waals surface area contributed by atoms with Crippen LogP contribution in [0.3, 0.4) is 0 Å². The highest BCUT2D eigenvalue weighted by Crippen LogP contribution is 2.37. The molecule has 2 aromatic rings. The minimum Gasteiger partial charge on any atom is -0.373 e. The molecule has 2 aromatic carbocycles. The van der Waals surface area contributed by atoms with E-state index in [-0.39, 0.29) is 30.5 Å². The van der Waals surface area contributed by atoms with Gasteiger partial charge in [-0.15, -0.1) is 0 Å². The van der Waals surface area contributed by atoms with Gasteiger partial charge in [0.1, 0.15) is 24.4 Å². The summed E-state index contributed by atoms with van der Waals surface area (Å²) in [6.07, 6.45) is -0.596. The van der Waals surface area contributed by atoms with Crippen molar-refractivity contribution in [1.29, 1.82) is 0 Å². The van der Waals surface area contributed by atoms with Crippen LogP contribution in [0.4, 0.5) is 0 Å². The lowest BCUT2D eigenvalue weighted by molar-refractivity contribution is -0.336. The topological polar surface area (TPSA) is 46.2 Å². The molecular weight excluding hydrogens is 368 g/mol. The normalized spacial score (nSPS) is 31.9. The molecule has 0 radical (unpaired) electrons. The number of hydrogen-bond acceptors (Lipinski definition) is 5. The zero-order chi connectivity index (χ0) is 20.1. The quantitative estimate of drug-likeness (QED) is 0.707. The van der Waals surface area contributed by atoms with Crippen molar-refractivity contribution < 1.29 is 23.7 Å². The summed E-state index contributed by atoms with van der Waals surface area (Å²) in [4.78, 5) is 0. The largest absolute Gasteiger partial charge is 0.373 e. The maximum atomic E-state index is 6.47. The summed E-state index contributed by atoms with van der Waals surface area (Å²) >= 11 is 0. The van der Waals surface area contributed by atoms with E-state index in [1.54, 1.807) is 0 Å². The Hall–Kier alpha value is -1.76. The molecule has 0 aromatic heterocycles. The van der Waals surface area contributed by atoms with Crippen LogP contribution in [-0.4, -0.2) is 50.3 Å². The van der Waals surface area contributed by atoms with Crippen molar-refractivity contribution in [2.24, 2.45) is 0 Å². The van der Waals surface area contributed by atoms with Crippen molar-refractivity contribution in [3.05, 3.63) is 71.8 Å². The van der Waals surface area contributed by atoms with E-state index in [2.05, 4.69) is 12.1 Å². The van der Waals surface area contributed by atoms with Crippen molar-refractivity contribution in [3.63, 3.8) is 0 Å². The van der Waals surface area contributed by atoms with Gasteiger partial charge in [0.25, 0.3) is 0 Å². The summed E-state index contributed by atoms with van der Waals surface area (Å²) in [7, 11) is 0. The Balaban J connectivity index is 1.56. The second-order valence-electron chi connectivity index (χ2n) is 7.42.